The third kappa shape index (κ3) is 4.00. The molecule has 1 amide bonds. The molecule has 0 bridgehead atoms. The Morgan fingerprint density at radius 3 is 2.44 bits per heavy atom. The molecule has 166 valence electrons. The standard InChI is InChI=1S/C19H9ClF6N4O2/c20-12-4-3-9(6-11(12)18(21,22)23)28-17(31)10-8-27-30-15(19(24,25)26)7-13(29-16(10)30)14-2-1-5-32-14/h1-8H,(H,28,31). The Balaban J connectivity index is 1.78. The molecule has 0 spiro atoms. The number of anilines is 1. The first-order valence-electron chi connectivity index (χ1n) is 8.63. The summed E-state index contributed by atoms with van der Waals surface area (Å²) in [5.74, 6) is -1.01. The Bertz CT molecular complexity index is 1310. The Labute approximate surface area is 179 Å². The minimum absolute atomic E-state index is 0.0121. The number of rotatable bonds is 3. The second-order valence-electron chi connectivity index (χ2n) is 6.44. The van der Waals surface area contributed by atoms with Crippen LogP contribution in [-0.2, 0) is 12.4 Å². The maximum Gasteiger partial charge on any atom is 0.433 e. The van der Waals surface area contributed by atoms with Gasteiger partial charge in [0.2, 0.25) is 0 Å². The number of amides is 1. The molecule has 4 aromatic rings. The van der Waals surface area contributed by atoms with Crippen molar-refractivity contribution >= 4 is 28.8 Å². The molecule has 0 saturated heterocycles. The number of aromatic nitrogens is 3. The summed E-state index contributed by atoms with van der Waals surface area (Å²) >= 11 is 5.55. The Morgan fingerprint density at radius 1 is 1.06 bits per heavy atom. The van der Waals surface area contributed by atoms with Crippen molar-refractivity contribution in [2.75, 3.05) is 5.32 Å². The number of alkyl halides is 6. The molecule has 3 aromatic heterocycles. The van der Waals surface area contributed by atoms with Crippen molar-refractivity contribution < 1.29 is 35.6 Å². The molecule has 0 radical (unpaired) electrons. The fourth-order valence-corrected chi connectivity index (χ4v) is 3.12. The summed E-state index contributed by atoms with van der Waals surface area (Å²) in [6.07, 6.45) is -7.56. The lowest BCUT2D eigenvalue weighted by atomic mass is 10.2. The number of fused-ring (bicyclic) bond motifs is 1. The predicted molar refractivity (Wildman–Crippen MR) is 100 cm³/mol. The van der Waals surface area contributed by atoms with Crippen molar-refractivity contribution in [3.8, 4) is 11.5 Å². The normalized spacial score (nSPS) is 12.3. The van der Waals surface area contributed by atoms with Crippen LogP contribution in [0, 0.1) is 0 Å². The molecule has 0 aliphatic heterocycles. The van der Waals surface area contributed by atoms with Crippen LogP contribution in [0.3, 0.4) is 0 Å². The fourth-order valence-electron chi connectivity index (χ4n) is 2.89. The van der Waals surface area contributed by atoms with Crippen LogP contribution < -0.4 is 5.32 Å². The first-order chi connectivity index (χ1) is 14.9. The lowest BCUT2D eigenvalue weighted by Crippen LogP contribution is -2.16. The number of furan rings is 1. The van der Waals surface area contributed by atoms with E-state index < -0.39 is 45.8 Å². The van der Waals surface area contributed by atoms with E-state index in [-0.39, 0.29) is 17.1 Å². The van der Waals surface area contributed by atoms with Crippen LogP contribution in [-0.4, -0.2) is 20.5 Å². The molecule has 32 heavy (non-hydrogen) atoms. The summed E-state index contributed by atoms with van der Waals surface area (Å²) in [5, 5.41) is 5.20. The Hall–Kier alpha value is -3.54. The van der Waals surface area contributed by atoms with Gasteiger partial charge < -0.3 is 9.73 Å². The third-order valence-electron chi connectivity index (χ3n) is 4.31. The highest BCUT2D eigenvalue weighted by atomic mass is 35.5. The maximum atomic E-state index is 13.6. The minimum Gasteiger partial charge on any atom is -0.463 e. The van der Waals surface area contributed by atoms with Crippen LogP contribution in [0.4, 0.5) is 32.0 Å². The van der Waals surface area contributed by atoms with E-state index >= 15 is 0 Å². The van der Waals surface area contributed by atoms with Crippen LogP contribution in [0.2, 0.25) is 5.02 Å². The number of nitrogens with one attached hydrogen (secondary N) is 1. The maximum absolute atomic E-state index is 13.6. The molecule has 0 aliphatic rings. The molecule has 1 aromatic carbocycles. The van der Waals surface area contributed by atoms with Crippen molar-refractivity contribution in [2.24, 2.45) is 0 Å². The zero-order valence-corrected chi connectivity index (χ0v) is 16.2. The van der Waals surface area contributed by atoms with E-state index in [1.807, 2.05) is 0 Å². The first kappa shape index (κ1) is 21.7. The molecule has 0 atom stereocenters. The highest BCUT2D eigenvalue weighted by Gasteiger charge is 2.36. The van der Waals surface area contributed by atoms with Gasteiger partial charge in [-0.2, -0.15) is 31.4 Å². The largest absolute Gasteiger partial charge is 0.463 e. The second kappa shape index (κ2) is 7.55. The third-order valence-corrected chi connectivity index (χ3v) is 4.64. The van der Waals surface area contributed by atoms with E-state index in [1.54, 1.807) is 0 Å². The lowest BCUT2D eigenvalue weighted by molar-refractivity contribution is -0.142. The smallest absolute Gasteiger partial charge is 0.433 e. The van der Waals surface area contributed by atoms with E-state index in [1.165, 1.54) is 18.4 Å². The summed E-state index contributed by atoms with van der Waals surface area (Å²) in [6.45, 7) is 0. The van der Waals surface area contributed by atoms with Gasteiger partial charge in [-0.25, -0.2) is 9.50 Å². The highest BCUT2D eigenvalue weighted by Crippen LogP contribution is 2.36. The van der Waals surface area contributed by atoms with Crippen LogP contribution in [0.25, 0.3) is 17.1 Å². The summed E-state index contributed by atoms with van der Waals surface area (Å²) in [5.41, 5.74) is -3.76. The van der Waals surface area contributed by atoms with Gasteiger partial charge in [0.1, 0.15) is 11.3 Å². The lowest BCUT2D eigenvalue weighted by Gasteiger charge is -2.12. The topological polar surface area (TPSA) is 72.4 Å². The van der Waals surface area contributed by atoms with Gasteiger partial charge in [0.25, 0.3) is 5.91 Å². The number of benzene rings is 1. The zero-order chi connectivity index (χ0) is 23.3. The molecule has 0 fully saturated rings. The van der Waals surface area contributed by atoms with Gasteiger partial charge in [0.15, 0.2) is 17.1 Å². The Kier molecular flexibility index (Phi) is 5.12. The average molecular weight is 475 g/mol. The molecule has 3 heterocycles. The molecule has 0 saturated carbocycles. The van der Waals surface area contributed by atoms with Crippen molar-refractivity contribution in [3.63, 3.8) is 0 Å². The fraction of sp³-hybridized carbons (Fsp3) is 0.105. The average Bonchev–Trinajstić information content (AvgIpc) is 3.36. The summed E-state index contributed by atoms with van der Waals surface area (Å²) in [4.78, 5) is 16.7. The zero-order valence-electron chi connectivity index (χ0n) is 15.4. The number of hydrogen-bond acceptors (Lipinski definition) is 4. The van der Waals surface area contributed by atoms with Crippen molar-refractivity contribution in [3.05, 3.63) is 70.7 Å². The van der Waals surface area contributed by atoms with Gasteiger partial charge in [0.05, 0.1) is 23.0 Å². The van der Waals surface area contributed by atoms with Gasteiger partial charge in [-0.3, -0.25) is 4.79 Å². The van der Waals surface area contributed by atoms with Crippen LogP contribution in [0.1, 0.15) is 21.6 Å². The van der Waals surface area contributed by atoms with E-state index in [0.717, 1.165) is 18.3 Å². The SMILES string of the molecule is O=C(Nc1ccc(Cl)c(C(F)(F)F)c1)c1cnn2c(C(F)(F)F)cc(-c3ccco3)nc12. The van der Waals surface area contributed by atoms with Crippen LogP contribution in [0.15, 0.2) is 53.3 Å². The van der Waals surface area contributed by atoms with Gasteiger partial charge in [-0.1, -0.05) is 11.6 Å². The second-order valence-corrected chi connectivity index (χ2v) is 6.85. The molecule has 0 aliphatic carbocycles. The van der Waals surface area contributed by atoms with Gasteiger partial charge in [-0.05, 0) is 36.4 Å². The summed E-state index contributed by atoms with van der Waals surface area (Å²) < 4.78 is 85.3. The predicted octanol–water partition coefficient (Wildman–Crippen LogP) is 5.93. The van der Waals surface area contributed by atoms with Crippen molar-refractivity contribution in [1.82, 2.24) is 14.6 Å². The first-order valence-corrected chi connectivity index (χ1v) is 9.01. The molecule has 13 heteroatoms. The molecule has 6 nitrogen and oxygen atoms in total. The number of halogens is 7. The van der Waals surface area contributed by atoms with Gasteiger partial charge >= 0.3 is 12.4 Å². The quantitative estimate of drug-likeness (QED) is 0.373. The number of nitrogens with zero attached hydrogens (tertiary/aromatic N) is 3. The molecular formula is C19H9ClF6N4O2. The molecule has 1 N–H and O–H groups in total. The van der Waals surface area contributed by atoms with E-state index in [9.17, 15) is 31.1 Å². The van der Waals surface area contributed by atoms with Crippen LogP contribution >= 0.6 is 11.6 Å². The van der Waals surface area contributed by atoms with E-state index in [2.05, 4.69) is 15.4 Å². The molecular weight excluding hydrogens is 466 g/mol. The highest BCUT2D eigenvalue weighted by molar-refractivity contribution is 6.31. The van der Waals surface area contributed by atoms with Gasteiger partial charge in [0, 0.05) is 5.69 Å². The van der Waals surface area contributed by atoms with E-state index in [4.69, 9.17) is 16.0 Å². The minimum atomic E-state index is -4.85. The molecule has 0 unspecified atom stereocenters. The number of carbonyl (C=O) groups excluding carboxylic acids is 1. The van der Waals surface area contributed by atoms with Crippen molar-refractivity contribution in [1.29, 1.82) is 0 Å². The number of carbonyl (C=O) groups is 1. The summed E-state index contributed by atoms with van der Waals surface area (Å²) in [6, 6.07) is 6.18. The summed E-state index contributed by atoms with van der Waals surface area (Å²) in [7, 11) is 0. The molecule has 4 rings (SSSR count). The number of hydrogen-bond donors (Lipinski definition) is 1. The van der Waals surface area contributed by atoms with E-state index in [0.29, 0.717) is 16.6 Å². The Morgan fingerprint density at radius 2 is 1.81 bits per heavy atom. The van der Waals surface area contributed by atoms with Crippen molar-refractivity contribution in [2.45, 2.75) is 12.4 Å². The van der Waals surface area contributed by atoms with Gasteiger partial charge in [-0.15, -0.1) is 0 Å². The monoisotopic (exact) mass is 474 g/mol. The van der Waals surface area contributed by atoms with Crippen LogP contribution in [0.5, 0.6) is 0 Å².